The van der Waals surface area contributed by atoms with Crippen molar-refractivity contribution in [2.24, 2.45) is 45.6 Å². The van der Waals surface area contributed by atoms with Crippen molar-refractivity contribution in [2.45, 2.75) is 65.2 Å². The molecular weight excluding hydrogens is 452 g/mol. The smallest absolute Gasteiger partial charge is 0.414 e. The lowest BCUT2D eigenvalue weighted by molar-refractivity contribution is -0.159. The Balaban J connectivity index is 0.000000509. The number of nitrogens with zero attached hydrogens (tertiary/aromatic N) is 2. The van der Waals surface area contributed by atoms with Crippen molar-refractivity contribution in [3.05, 3.63) is 0 Å². The third kappa shape index (κ3) is 5.60. The van der Waals surface area contributed by atoms with E-state index in [9.17, 15) is 9.59 Å². The topological polar surface area (TPSA) is 134 Å². The van der Waals surface area contributed by atoms with E-state index in [4.69, 9.17) is 24.6 Å². The molecule has 4 rings (SSSR count). The van der Waals surface area contributed by atoms with Crippen LogP contribution in [0.25, 0.3) is 0 Å². The van der Waals surface area contributed by atoms with Gasteiger partial charge in [-0.15, -0.1) is 0 Å². The molecule has 9 nitrogen and oxygen atoms in total. The van der Waals surface area contributed by atoms with Gasteiger partial charge < -0.3 is 20.0 Å². The molecule has 9 heteroatoms. The van der Waals surface area contributed by atoms with Gasteiger partial charge in [-0.1, -0.05) is 19.0 Å². The number of rotatable bonds is 5. The summed E-state index contributed by atoms with van der Waals surface area (Å²) >= 11 is 0. The van der Waals surface area contributed by atoms with E-state index in [0.717, 1.165) is 51.5 Å². The monoisotopic (exact) mass is 492 g/mol. The Morgan fingerprint density at radius 2 is 1.77 bits per heavy atom. The first-order chi connectivity index (χ1) is 16.4. The number of aliphatic carboxylic acids is 2. The van der Waals surface area contributed by atoms with E-state index in [-0.39, 0.29) is 16.7 Å². The Bertz CT molecular complexity index is 860. The minimum absolute atomic E-state index is 0.100. The van der Waals surface area contributed by atoms with Crippen LogP contribution in [0.2, 0.25) is 0 Å². The minimum atomic E-state index is -1.82. The highest BCUT2D eigenvalue weighted by Crippen LogP contribution is 2.65. The van der Waals surface area contributed by atoms with Crippen LogP contribution in [0, 0.1) is 40.4 Å². The molecule has 4 saturated carbocycles. The van der Waals surface area contributed by atoms with Crippen molar-refractivity contribution >= 4 is 29.7 Å². The Kier molecular flexibility index (Phi) is 8.40. The lowest BCUT2D eigenvalue weighted by Gasteiger charge is -2.59. The SMILES string of the molecule is CN(C)CCO/N=C/[C@H]1CC[C@@]2(C)[C@H](C1)C(=O)C[C@@H]1[C@@H]2CC[C@]2(C)C(=O)CC[C@@H]12.O=C(O)C(=O)O. The van der Waals surface area contributed by atoms with E-state index >= 15 is 0 Å². The fraction of sp³-hybridized carbons (Fsp3) is 0.808. The van der Waals surface area contributed by atoms with Gasteiger partial charge in [-0.25, -0.2) is 9.59 Å². The average molecular weight is 493 g/mol. The summed E-state index contributed by atoms with van der Waals surface area (Å²) in [6.07, 6.45) is 9.62. The van der Waals surface area contributed by atoms with E-state index in [1.165, 1.54) is 0 Å². The van der Waals surface area contributed by atoms with Gasteiger partial charge in [0.15, 0.2) is 0 Å². The zero-order valence-electron chi connectivity index (χ0n) is 21.4. The van der Waals surface area contributed by atoms with Gasteiger partial charge in [0, 0.05) is 36.9 Å². The summed E-state index contributed by atoms with van der Waals surface area (Å²) in [4.78, 5) is 51.5. The third-order valence-electron chi connectivity index (χ3n) is 9.37. The first-order valence-electron chi connectivity index (χ1n) is 12.7. The third-order valence-corrected chi connectivity index (χ3v) is 9.37. The summed E-state index contributed by atoms with van der Waals surface area (Å²) in [5.41, 5.74) is -0.0541. The van der Waals surface area contributed by atoms with Gasteiger partial charge in [-0.2, -0.15) is 0 Å². The molecule has 4 aliphatic carbocycles. The van der Waals surface area contributed by atoms with Crippen LogP contribution >= 0.6 is 0 Å². The van der Waals surface area contributed by atoms with Crippen molar-refractivity contribution < 1.29 is 34.2 Å². The Hall–Kier alpha value is -2.29. The molecule has 0 aromatic carbocycles. The molecule has 0 aromatic rings. The first kappa shape index (κ1) is 27.3. The average Bonchev–Trinajstić information content (AvgIpc) is 3.09. The van der Waals surface area contributed by atoms with Crippen LogP contribution in [0.5, 0.6) is 0 Å². The standard InChI is InChI=1S/C24H38N2O3.C2H2O4/c1-23-9-7-16(15-25-29-12-11-26(3)4)13-20(23)21(27)14-17-18-5-6-22(28)24(18,2)10-8-19(17)23;3-1(4)2(5)6/h15-20H,5-14H2,1-4H3;(H,3,4)(H,5,6)/b25-15+;/t16-,17-,18-,19-,20+,23+,24-;/m0./s1. The number of hydrogen-bond donors (Lipinski definition) is 2. The minimum Gasteiger partial charge on any atom is -0.473 e. The highest BCUT2D eigenvalue weighted by molar-refractivity contribution is 6.27. The molecule has 0 bridgehead atoms. The Labute approximate surface area is 207 Å². The maximum Gasteiger partial charge on any atom is 0.414 e. The number of ketones is 2. The Morgan fingerprint density at radius 1 is 1.09 bits per heavy atom. The maximum atomic E-state index is 13.3. The van der Waals surface area contributed by atoms with E-state index < -0.39 is 11.9 Å². The number of carbonyl (C=O) groups excluding carboxylic acids is 2. The molecular formula is C26H40N2O7. The van der Waals surface area contributed by atoms with Crippen LogP contribution in [0.1, 0.15) is 65.2 Å². The molecule has 0 heterocycles. The van der Waals surface area contributed by atoms with Crippen LogP contribution in [0.3, 0.4) is 0 Å². The number of oxime groups is 1. The van der Waals surface area contributed by atoms with E-state index in [0.29, 0.717) is 48.3 Å². The van der Waals surface area contributed by atoms with E-state index in [1.807, 2.05) is 20.3 Å². The molecule has 7 atom stereocenters. The molecule has 0 saturated heterocycles. The normalized spacial score (nSPS) is 38.3. The van der Waals surface area contributed by atoms with Crippen molar-refractivity contribution in [3.63, 3.8) is 0 Å². The molecule has 35 heavy (non-hydrogen) atoms. The summed E-state index contributed by atoms with van der Waals surface area (Å²) in [6.45, 7) is 6.02. The maximum absolute atomic E-state index is 13.3. The zero-order chi connectivity index (χ0) is 26.0. The summed E-state index contributed by atoms with van der Waals surface area (Å²) in [5.74, 6) is -0.798. The lowest BCUT2D eigenvalue weighted by atomic mass is 9.44. The number of carboxylic acid groups (broad SMARTS) is 2. The molecule has 0 aliphatic heterocycles. The first-order valence-corrected chi connectivity index (χ1v) is 12.7. The number of Topliss-reactive ketones (excluding diaryl/α,β-unsaturated/α-hetero) is 2. The largest absolute Gasteiger partial charge is 0.473 e. The van der Waals surface area contributed by atoms with Crippen molar-refractivity contribution in [1.29, 1.82) is 0 Å². The number of hydrogen-bond acceptors (Lipinski definition) is 7. The second kappa shape index (κ2) is 10.8. The van der Waals surface area contributed by atoms with Crippen molar-refractivity contribution in [2.75, 3.05) is 27.2 Å². The summed E-state index contributed by atoms with van der Waals surface area (Å²) < 4.78 is 0. The number of carbonyl (C=O) groups is 4. The van der Waals surface area contributed by atoms with Crippen LogP contribution in [0.15, 0.2) is 5.16 Å². The van der Waals surface area contributed by atoms with Crippen LogP contribution in [0.4, 0.5) is 0 Å². The van der Waals surface area contributed by atoms with E-state index in [2.05, 4.69) is 23.9 Å². The predicted molar refractivity (Wildman–Crippen MR) is 129 cm³/mol. The van der Waals surface area contributed by atoms with Gasteiger partial charge in [0.05, 0.1) is 0 Å². The van der Waals surface area contributed by atoms with Crippen LogP contribution in [-0.2, 0) is 24.0 Å². The van der Waals surface area contributed by atoms with Gasteiger partial charge in [-0.05, 0) is 81.7 Å². The van der Waals surface area contributed by atoms with E-state index in [1.54, 1.807) is 0 Å². The molecule has 0 aromatic heterocycles. The fourth-order valence-electron chi connectivity index (χ4n) is 7.38. The van der Waals surface area contributed by atoms with Crippen molar-refractivity contribution in [1.82, 2.24) is 4.90 Å². The molecule has 0 unspecified atom stereocenters. The predicted octanol–water partition coefficient (Wildman–Crippen LogP) is 3.11. The van der Waals surface area contributed by atoms with Gasteiger partial charge in [0.2, 0.25) is 0 Å². The number of carboxylic acids is 2. The molecule has 0 amide bonds. The molecule has 4 aliphatic rings. The highest BCUT2D eigenvalue weighted by atomic mass is 16.6. The molecule has 0 radical (unpaired) electrons. The second-order valence-corrected chi connectivity index (χ2v) is 11.6. The van der Waals surface area contributed by atoms with Gasteiger partial charge in [-0.3, -0.25) is 9.59 Å². The van der Waals surface area contributed by atoms with Gasteiger partial charge in [0.1, 0.15) is 18.2 Å². The fourth-order valence-corrected chi connectivity index (χ4v) is 7.38. The summed E-state index contributed by atoms with van der Waals surface area (Å²) in [5, 5.41) is 19.0. The number of likely N-dealkylation sites (N-methyl/N-ethyl adjacent to an activating group) is 1. The molecule has 0 spiro atoms. The molecule has 4 fully saturated rings. The van der Waals surface area contributed by atoms with Crippen LogP contribution in [-0.4, -0.2) is 72.1 Å². The highest BCUT2D eigenvalue weighted by Gasteiger charge is 2.62. The Morgan fingerprint density at radius 3 is 2.40 bits per heavy atom. The quantitative estimate of drug-likeness (QED) is 0.259. The number of fused-ring (bicyclic) bond motifs is 5. The van der Waals surface area contributed by atoms with Crippen LogP contribution < -0.4 is 0 Å². The lowest BCUT2D eigenvalue weighted by Crippen LogP contribution is -2.56. The summed E-state index contributed by atoms with van der Waals surface area (Å²) in [6, 6.07) is 0. The molecule has 196 valence electrons. The second-order valence-electron chi connectivity index (χ2n) is 11.6. The molecule has 2 N–H and O–H groups in total. The zero-order valence-corrected chi connectivity index (χ0v) is 21.4. The van der Waals surface area contributed by atoms with Gasteiger partial charge >= 0.3 is 11.9 Å². The van der Waals surface area contributed by atoms with Gasteiger partial charge in [0.25, 0.3) is 0 Å². The van der Waals surface area contributed by atoms with Crippen molar-refractivity contribution in [3.8, 4) is 0 Å². The summed E-state index contributed by atoms with van der Waals surface area (Å²) in [7, 11) is 4.04.